The van der Waals surface area contributed by atoms with Gasteiger partial charge >= 0.3 is 0 Å². The van der Waals surface area contributed by atoms with Crippen molar-refractivity contribution in [3.05, 3.63) is 460 Å². The van der Waals surface area contributed by atoms with Crippen molar-refractivity contribution in [1.82, 2.24) is 48.2 Å². The van der Waals surface area contributed by atoms with Gasteiger partial charge in [0, 0.05) is 141 Å². The van der Waals surface area contributed by atoms with E-state index in [9.17, 15) is 0 Å². The largest absolute Gasteiger partial charge is 0.452 e. The van der Waals surface area contributed by atoms with Gasteiger partial charge in [-0.3, -0.25) is 0 Å². The van der Waals surface area contributed by atoms with Crippen molar-refractivity contribution < 1.29 is 13.3 Å². The van der Waals surface area contributed by atoms with Crippen LogP contribution in [0.5, 0.6) is 0 Å². The van der Waals surface area contributed by atoms with Gasteiger partial charge in [0.15, 0.2) is 34.2 Å². The lowest BCUT2D eigenvalue weighted by atomic mass is 9.80. The van der Waals surface area contributed by atoms with Crippen molar-refractivity contribution in [3.8, 4) is 102 Å². The molecule has 0 saturated carbocycles. The van der Waals surface area contributed by atoms with E-state index >= 15 is 0 Å². The Balaban J connectivity index is 0.000000102. The van der Waals surface area contributed by atoms with Crippen LogP contribution in [-0.2, 0) is 5.41 Å². The average Bonchev–Trinajstić information content (AvgIpc) is 1.54. The molecule has 0 unspecified atom stereocenters. The number of benzene rings is 19. The minimum atomic E-state index is -0.118. The van der Waals surface area contributed by atoms with Gasteiger partial charge in [-0.2, -0.15) is 0 Å². The van der Waals surface area contributed by atoms with E-state index in [1.165, 1.54) is 119 Å². The van der Waals surface area contributed by atoms with Gasteiger partial charge in [-0.25, -0.2) is 29.9 Å². The molecule has 0 saturated heterocycles. The molecule has 143 heavy (non-hydrogen) atoms. The lowest BCUT2D eigenvalue weighted by Crippen LogP contribution is -2.15. The lowest BCUT2D eigenvalue weighted by molar-refractivity contribution is 0.666. The Kier molecular flexibility index (Phi) is 18.3. The van der Waals surface area contributed by atoms with E-state index in [2.05, 4.69) is 372 Å². The molecule has 0 aliphatic heterocycles. The molecule has 30 aromatic rings. The van der Waals surface area contributed by atoms with Crippen LogP contribution < -0.4 is 0 Å². The summed E-state index contributed by atoms with van der Waals surface area (Å²) in [5.74, 6) is 1.99. The van der Waals surface area contributed by atoms with Gasteiger partial charge in [0.25, 0.3) is 0 Å². The van der Waals surface area contributed by atoms with Crippen molar-refractivity contribution in [2.45, 2.75) is 19.3 Å². The fourth-order valence-electron chi connectivity index (χ4n) is 22.6. The van der Waals surface area contributed by atoms with Crippen LogP contribution in [0.4, 0.5) is 0 Å². The van der Waals surface area contributed by atoms with Gasteiger partial charge in [0.2, 0.25) is 0 Å². The minimum Gasteiger partial charge on any atom is -0.452 e. The molecule has 13 nitrogen and oxygen atoms in total. The third-order valence-corrected chi connectivity index (χ3v) is 30.1. The average molecular weight is 1850 g/mol. The zero-order chi connectivity index (χ0) is 94.2. The summed E-state index contributed by atoms with van der Waals surface area (Å²) in [5, 5.41) is 15.6. The summed E-state index contributed by atoms with van der Waals surface area (Å²) in [6.07, 6.45) is 0. The van der Waals surface area contributed by atoms with E-state index in [0.29, 0.717) is 34.2 Å². The highest BCUT2D eigenvalue weighted by atomic mass is 32.1. The summed E-state index contributed by atoms with van der Waals surface area (Å²) in [6, 6.07) is 158. The van der Waals surface area contributed by atoms with Crippen molar-refractivity contribution in [3.63, 3.8) is 0 Å². The summed E-state index contributed by atoms with van der Waals surface area (Å²) in [7, 11) is 0. The molecule has 0 amide bonds. The second-order valence-corrected chi connectivity index (χ2v) is 38.4. The van der Waals surface area contributed by atoms with Crippen molar-refractivity contribution in [2.24, 2.45) is 0 Å². The second-order valence-electron chi connectivity index (χ2n) is 37.4. The lowest BCUT2D eigenvalue weighted by Gasteiger charge is -2.22. The standard InChI is InChI=1S/C46H28N4O.C43H29N3O.C40H23N3OS/c1-3-14-29(15-4-1)42-45-43(36-22-9-12-25-40(36)51-45)48-46(47-42)30-16-13-19-32(28-30)49-38-24-11-8-21-35(38)41-39(49)27-26-34-33-20-7-10-23-37(33)50(44(34)41)31-17-5-2-6-18-31;1-43(2)33-20-9-6-17-29(33)30-23-24-35-37(38(30)43)31-18-7-10-21-34(31)46(35)28-16-12-15-27(25-28)42-44-39(26-13-4-3-5-14-26)41-40(45-42)32-19-8-11-22-36(32)47-41;1-2-11-24(12-3-1)36-38-37(30-17-5-8-19-33(30)44-38)42-40(41-36)25-13-10-14-26(23-25)43-31-18-7-4-16-29(31)35-32(43)22-21-28-27-15-6-9-20-34(27)45-39(28)35/h1-28H;3-25H,1-2H3;1-23H. The molecule has 670 valence electrons. The van der Waals surface area contributed by atoms with Crippen LogP contribution in [0.1, 0.15) is 25.0 Å². The zero-order valence-corrected chi connectivity index (χ0v) is 78.1. The predicted octanol–water partition coefficient (Wildman–Crippen LogP) is 34.2. The smallest absolute Gasteiger partial charge is 0.180 e. The Bertz CT molecular complexity index is 10500. The third kappa shape index (κ3) is 12.7. The molecule has 14 heteroatoms. The van der Waals surface area contributed by atoms with Crippen LogP contribution in [0.15, 0.2) is 462 Å². The molecule has 19 aromatic carbocycles. The summed E-state index contributed by atoms with van der Waals surface area (Å²) in [5.41, 5.74) is 34.3. The van der Waals surface area contributed by atoms with Gasteiger partial charge in [0.05, 0.1) is 44.1 Å². The van der Waals surface area contributed by atoms with Gasteiger partial charge in [-0.1, -0.05) is 329 Å². The minimum absolute atomic E-state index is 0.118. The molecule has 11 heterocycles. The summed E-state index contributed by atoms with van der Waals surface area (Å²) in [6.45, 7) is 4.72. The Morgan fingerprint density at radius 2 is 0.573 bits per heavy atom. The highest BCUT2D eigenvalue weighted by molar-refractivity contribution is 7.26. The molecule has 31 rings (SSSR count). The molecule has 1 aliphatic carbocycles. The first kappa shape index (κ1) is 81.4. The molecular weight excluding hydrogens is 1770 g/mol. The van der Waals surface area contributed by atoms with E-state index < -0.39 is 0 Å². The Morgan fingerprint density at radius 3 is 1.05 bits per heavy atom. The van der Waals surface area contributed by atoms with Crippen LogP contribution in [-0.4, -0.2) is 48.2 Å². The van der Waals surface area contributed by atoms with Crippen molar-refractivity contribution >= 4 is 185 Å². The van der Waals surface area contributed by atoms with Crippen LogP contribution in [0.2, 0.25) is 0 Å². The van der Waals surface area contributed by atoms with Crippen molar-refractivity contribution in [1.29, 1.82) is 0 Å². The van der Waals surface area contributed by atoms with Gasteiger partial charge in [0.1, 0.15) is 50.4 Å². The SMILES string of the molecule is CC1(C)c2ccccc2-c2ccc3c(c21)c1ccccc1n3-c1cccc(-c2nc(-c3ccccc3)c3oc4ccccc4c3n2)c1.c1ccc(-c2nc(-c3cccc(-n4c5ccccc5c5c4ccc4c6ccccc6n(-c6ccccc6)c45)c3)nc3c2oc2ccccc23)cc1.c1ccc(-c2nc(-c3cccc(-n4c5ccccc5c5c6sc7ccccc7c6ccc54)c3)nc3c2oc2ccccc23)cc1. The first-order chi connectivity index (χ1) is 70.7. The van der Waals surface area contributed by atoms with Crippen LogP contribution in [0, 0.1) is 0 Å². The summed E-state index contributed by atoms with van der Waals surface area (Å²) >= 11 is 1.87. The predicted molar refractivity (Wildman–Crippen MR) is 588 cm³/mol. The molecule has 0 atom stereocenters. The Labute approximate surface area is 821 Å². The maximum absolute atomic E-state index is 6.38. The number of furan rings is 3. The zero-order valence-electron chi connectivity index (χ0n) is 77.3. The van der Waals surface area contributed by atoms with Gasteiger partial charge in [-0.15, -0.1) is 11.3 Å². The Hall–Kier alpha value is -18.8. The monoisotopic (exact) mass is 1850 g/mol. The second kappa shape index (κ2) is 32.2. The fraction of sp³-hybridized carbons (Fsp3) is 0.0233. The van der Waals surface area contributed by atoms with E-state index in [1.807, 2.05) is 121 Å². The molecule has 0 spiro atoms. The molecule has 0 radical (unpaired) electrons. The van der Waals surface area contributed by atoms with Crippen LogP contribution in [0.3, 0.4) is 0 Å². The first-order valence-corrected chi connectivity index (χ1v) is 49.1. The highest BCUT2D eigenvalue weighted by Gasteiger charge is 2.39. The fourth-order valence-corrected chi connectivity index (χ4v) is 23.9. The maximum Gasteiger partial charge on any atom is 0.180 e. The van der Waals surface area contributed by atoms with Gasteiger partial charge in [-0.05, 0) is 156 Å². The third-order valence-electron chi connectivity index (χ3n) is 28.9. The van der Waals surface area contributed by atoms with E-state index in [4.69, 9.17) is 43.2 Å². The summed E-state index contributed by atoms with van der Waals surface area (Å²) < 4.78 is 31.3. The van der Waals surface area contributed by atoms with E-state index in [0.717, 1.165) is 134 Å². The highest BCUT2D eigenvalue weighted by Crippen LogP contribution is 2.55. The number of aromatic nitrogens is 10. The quantitative estimate of drug-likeness (QED) is 0.131. The Morgan fingerprint density at radius 1 is 0.231 bits per heavy atom. The molecule has 0 fully saturated rings. The van der Waals surface area contributed by atoms with Crippen LogP contribution >= 0.6 is 11.3 Å². The molecule has 0 N–H and O–H groups in total. The normalized spacial score (nSPS) is 12.5. The maximum atomic E-state index is 6.38. The van der Waals surface area contributed by atoms with Crippen molar-refractivity contribution in [2.75, 3.05) is 0 Å². The number of hydrogen-bond acceptors (Lipinski definition) is 10. The van der Waals surface area contributed by atoms with E-state index in [1.54, 1.807) is 0 Å². The molecule has 0 bridgehead atoms. The number of fused-ring (bicyclic) bond motifs is 30. The molecular formula is C129H80N10O3S. The van der Waals surface area contributed by atoms with Gasteiger partial charge < -0.3 is 31.5 Å². The van der Waals surface area contributed by atoms with Crippen LogP contribution in [0.25, 0.3) is 275 Å². The first-order valence-electron chi connectivity index (χ1n) is 48.3. The number of rotatable bonds is 10. The molecule has 1 aliphatic rings. The number of thiophene rings is 1. The topological polar surface area (TPSA) is 136 Å². The number of hydrogen-bond donors (Lipinski definition) is 0. The molecule has 11 aromatic heterocycles. The number of para-hydroxylation sites is 8. The number of nitrogens with zero attached hydrogens (tertiary/aromatic N) is 10. The van der Waals surface area contributed by atoms with E-state index in [-0.39, 0.29) is 5.41 Å². The summed E-state index contributed by atoms with van der Waals surface area (Å²) in [4.78, 5) is 30.9.